The molecule has 5 rings (SSSR count). The van der Waals surface area contributed by atoms with Crippen LogP contribution in [0.5, 0.6) is 11.5 Å². The zero-order chi connectivity index (χ0) is 20.5. The van der Waals surface area contributed by atoms with Crippen molar-refractivity contribution in [2.24, 2.45) is 0 Å². The van der Waals surface area contributed by atoms with Crippen LogP contribution in [0.4, 0.5) is 5.69 Å². The Hall–Kier alpha value is -2.79. The monoisotopic (exact) mass is 402 g/mol. The lowest BCUT2D eigenvalue weighted by Crippen LogP contribution is -2.33. The van der Waals surface area contributed by atoms with Gasteiger partial charge in [0, 0.05) is 42.1 Å². The van der Waals surface area contributed by atoms with Gasteiger partial charge in [0.15, 0.2) is 0 Å². The summed E-state index contributed by atoms with van der Waals surface area (Å²) in [6.07, 6.45) is 6.46. The first-order valence-electron chi connectivity index (χ1n) is 11.1. The lowest BCUT2D eigenvalue weighted by molar-refractivity contribution is 0.454. The van der Waals surface area contributed by atoms with Gasteiger partial charge in [-0.15, -0.1) is 0 Å². The van der Waals surface area contributed by atoms with Gasteiger partial charge in [0.05, 0.1) is 5.56 Å². The minimum Gasteiger partial charge on any atom is -0.456 e. The number of aromatic nitrogens is 2. The van der Waals surface area contributed by atoms with E-state index in [-0.39, 0.29) is 0 Å². The number of aromatic amines is 1. The van der Waals surface area contributed by atoms with E-state index < -0.39 is 0 Å². The molecule has 5 nitrogen and oxygen atoms in total. The lowest BCUT2D eigenvalue weighted by atomic mass is 9.94. The Morgan fingerprint density at radius 2 is 1.83 bits per heavy atom. The van der Waals surface area contributed by atoms with E-state index in [0.717, 1.165) is 61.7 Å². The largest absolute Gasteiger partial charge is 0.456 e. The molecule has 1 aromatic heterocycles. The highest BCUT2D eigenvalue weighted by molar-refractivity contribution is 5.75. The normalized spacial score (nSPS) is 19.5. The molecule has 1 atom stereocenters. The molecular formula is C25H30N4O. The van der Waals surface area contributed by atoms with Gasteiger partial charge in [0.1, 0.15) is 17.3 Å². The zero-order valence-corrected chi connectivity index (χ0v) is 17.8. The third-order valence-electron chi connectivity index (χ3n) is 6.68. The van der Waals surface area contributed by atoms with E-state index >= 15 is 0 Å². The topological polar surface area (TPSA) is 53.2 Å². The maximum absolute atomic E-state index is 6.50. The van der Waals surface area contributed by atoms with Crippen LogP contribution in [0.3, 0.4) is 0 Å². The minimum atomic E-state index is 0.531. The number of anilines is 1. The fourth-order valence-electron chi connectivity index (χ4n) is 4.70. The molecule has 30 heavy (non-hydrogen) atoms. The molecule has 3 heterocycles. The predicted molar refractivity (Wildman–Crippen MR) is 122 cm³/mol. The second kappa shape index (κ2) is 8.15. The molecule has 2 aliphatic rings. The van der Waals surface area contributed by atoms with Crippen molar-refractivity contribution in [2.75, 3.05) is 25.0 Å². The first-order valence-corrected chi connectivity index (χ1v) is 11.1. The number of ether oxygens (including phenoxy) is 1. The second-order valence-electron chi connectivity index (χ2n) is 8.57. The average Bonchev–Trinajstić information content (AvgIpc) is 3.28. The predicted octanol–water partition coefficient (Wildman–Crippen LogP) is 5.11. The Morgan fingerprint density at radius 1 is 1.03 bits per heavy atom. The van der Waals surface area contributed by atoms with E-state index in [4.69, 9.17) is 9.72 Å². The maximum atomic E-state index is 6.50. The zero-order valence-electron chi connectivity index (χ0n) is 17.8. The number of rotatable bonds is 4. The molecule has 0 bridgehead atoms. The van der Waals surface area contributed by atoms with E-state index in [0.29, 0.717) is 12.0 Å². The van der Waals surface area contributed by atoms with Gasteiger partial charge in [0.2, 0.25) is 0 Å². The summed E-state index contributed by atoms with van der Waals surface area (Å²) in [6, 6.07) is 15.0. The molecule has 1 unspecified atom stereocenters. The van der Waals surface area contributed by atoms with Crippen molar-refractivity contribution in [1.29, 1.82) is 0 Å². The Labute approximate surface area is 178 Å². The Balaban J connectivity index is 1.57. The van der Waals surface area contributed by atoms with Crippen LogP contribution in [0.15, 0.2) is 48.7 Å². The number of benzene rings is 2. The van der Waals surface area contributed by atoms with Crippen molar-refractivity contribution in [1.82, 2.24) is 15.3 Å². The van der Waals surface area contributed by atoms with E-state index in [9.17, 15) is 0 Å². The smallest absolute Gasteiger partial charge is 0.143 e. The number of H-pyrrole nitrogens is 1. The minimum absolute atomic E-state index is 0.531. The fraction of sp³-hybridized carbons (Fsp3) is 0.400. The van der Waals surface area contributed by atoms with Gasteiger partial charge in [-0.3, -0.25) is 0 Å². The maximum Gasteiger partial charge on any atom is 0.143 e. The molecule has 0 radical (unpaired) electrons. The quantitative estimate of drug-likeness (QED) is 0.637. The van der Waals surface area contributed by atoms with E-state index in [1.54, 1.807) is 0 Å². The van der Waals surface area contributed by atoms with Crippen molar-refractivity contribution in [2.45, 2.75) is 44.6 Å². The van der Waals surface area contributed by atoms with Gasteiger partial charge < -0.3 is 19.9 Å². The van der Waals surface area contributed by atoms with Crippen LogP contribution < -0.4 is 15.0 Å². The summed E-state index contributed by atoms with van der Waals surface area (Å²) in [4.78, 5) is 10.8. The van der Waals surface area contributed by atoms with Crippen LogP contribution in [0.25, 0.3) is 11.4 Å². The fourth-order valence-corrected chi connectivity index (χ4v) is 4.70. The lowest BCUT2D eigenvalue weighted by Gasteiger charge is -2.35. The third-order valence-corrected chi connectivity index (χ3v) is 6.68. The second-order valence-corrected chi connectivity index (χ2v) is 8.57. The first kappa shape index (κ1) is 19.2. The number of imidazole rings is 1. The summed E-state index contributed by atoms with van der Waals surface area (Å²) >= 11 is 0. The summed E-state index contributed by atoms with van der Waals surface area (Å²) in [7, 11) is 2.18. The van der Waals surface area contributed by atoms with Crippen LogP contribution >= 0.6 is 0 Å². The Bertz CT molecular complexity index is 1010. The molecule has 1 fully saturated rings. The number of para-hydroxylation sites is 1. The molecule has 0 amide bonds. The van der Waals surface area contributed by atoms with Crippen molar-refractivity contribution >= 4 is 5.69 Å². The van der Waals surface area contributed by atoms with E-state index in [1.165, 1.54) is 16.9 Å². The van der Waals surface area contributed by atoms with Gasteiger partial charge in [0.25, 0.3) is 0 Å². The number of nitrogens with zero attached hydrogens (tertiary/aromatic N) is 2. The average molecular weight is 403 g/mol. The van der Waals surface area contributed by atoms with Crippen LogP contribution in [-0.2, 0) is 6.42 Å². The molecule has 1 saturated heterocycles. The molecule has 0 spiro atoms. The summed E-state index contributed by atoms with van der Waals surface area (Å²) in [5.41, 5.74) is 4.81. The van der Waals surface area contributed by atoms with Crippen LogP contribution in [0.1, 0.15) is 43.4 Å². The number of nitrogens with one attached hydrogen (secondary N) is 2. The van der Waals surface area contributed by atoms with Gasteiger partial charge in [-0.2, -0.15) is 0 Å². The molecule has 0 aliphatic carbocycles. The van der Waals surface area contributed by atoms with Crippen molar-refractivity contribution in [3.8, 4) is 22.9 Å². The molecule has 2 aromatic carbocycles. The van der Waals surface area contributed by atoms with Crippen LogP contribution in [-0.4, -0.2) is 36.1 Å². The standard InChI is InChI=1S/C25H30N4O/c1-17-8-9-20-23(29(17)2)11-10-21(24(20)30-19-6-4-3-5-7-19)25-27-16-22(28-25)18-12-14-26-15-13-18/h3-7,10-11,16-18,26H,8-9,12-15H2,1-2H3,(H,27,28). The van der Waals surface area contributed by atoms with Crippen molar-refractivity contribution in [3.05, 3.63) is 59.9 Å². The summed E-state index contributed by atoms with van der Waals surface area (Å²) in [6.45, 7) is 4.43. The summed E-state index contributed by atoms with van der Waals surface area (Å²) in [5, 5.41) is 3.44. The van der Waals surface area contributed by atoms with Crippen molar-refractivity contribution in [3.63, 3.8) is 0 Å². The van der Waals surface area contributed by atoms with Gasteiger partial charge >= 0.3 is 0 Å². The van der Waals surface area contributed by atoms with Gasteiger partial charge in [-0.05, 0) is 70.0 Å². The molecule has 2 aliphatic heterocycles. The number of hydrogen-bond acceptors (Lipinski definition) is 4. The summed E-state index contributed by atoms with van der Waals surface area (Å²) in [5.74, 6) is 3.25. The molecule has 2 N–H and O–H groups in total. The highest BCUT2D eigenvalue weighted by Crippen LogP contribution is 2.43. The Morgan fingerprint density at radius 3 is 2.63 bits per heavy atom. The molecule has 0 saturated carbocycles. The highest BCUT2D eigenvalue weighted by atomic mass is 16.5. The summed E-state index contributed by atoms with van der Waals surface area (Å²) < 4.78 is 6.50. The molecule has 3 aromatic rings. The molecular weight excluding hydrogens is 372 g/mol. The van der Waals surface area contributed by atoms with Crippen LogP contribution in [0.2, 0.25) is 0 Å². The Kier molecular flexibility index (Phi) is 5.21. The molecule has 5 heteroatoms. The van der Waals surface area contributed by atoms with Gasteiger partial charge in [-0.25, -0.2) is 4.98 Å². The highest BCUT2D eigenvalue weighted by Gasteiger charge is 2.27. The number of fused-ring (bicyclic) bond motifs is 1. The molecule has 156 valence electrons. The number of hydrogen-bond donors (Lipinski definition) is 2. The third kappa shape index (κ3) is 3.58. The first-order chi connectivity index (χ1) is 14.7. The number of piperidine rings is 1. The van der Waals surface area contributed by atoms with E-state index in [1.807, 2.05) is 36.5 Å². The van der Waals surface area contributed by atoms with Crippen molar-refractivity contribution < 1.29 is 4.74 Å². The SMILES string of the molecule is CC1CCc2c(ccc(-c3ncc(C4CCNCC4)[nH]3)c2Oc2ccccc2)N1C. The van der Waals surface area contributed by atoms with Gasteiger partial charge in [-0.1, -0.05) is 18.2 Å². The van der Waals surface area contributed by atoms with Crippen LogP contribution in [0, 0.1) is 0 Å². The van der Waals surface area contributed by atoms with E-state index in [2.05, 4.69) is 41.3 Å².